The van der Waals surface area contributed by atoms with E-state index in [9.17, 15) is 27.8 Å². The van der Waals surface area contributed by atoms with Gasteiger partial charge in [0, 0.05) is 30.7 Å². The molecule has 0 saturated carbocycles. The first-order valence-corrected chi connectivity index (χ1v) is 14.1. The topological polar surface area (TPSA) is 146 Å². The number of sulfonamides is 1. The number of benzene rings is 1. The maximum Gasteiger partial charge on any atom is 0.305 e. The fraction of sp³-hybridized carbons (Fsp3) is 0.370. The third-order valence-corrected chi connectivity index (χ3v) is 7.12. The zero-order chi connectivity index (χ0) is 29.1. The molecule has 210 valence electrons. The van der Waals surface area contributed by atoms with Gasteiger partial charge in [0.1, 0.15) is 11.6 Å². The van der Waals surface area contributed by atoms with Crippen LogP contribution in [0.4, 0.5) is 16.0 Å². The quantitative estimate of drug-likeness (QED) is 0.321. The molecule has 0 aliphatic rings. The standard InChI is InChI=1S/C27H33FN4O6S/c1-16(2)26-22(11-10-20(33)14-21(34)15-24(35)36)25(18-6-8-19(28)9-7-18)17(3)27(30-26)32(39(5,37)38)23-12-13-29-31(23)4/h6-13,16,20-21,33-34H,14-15H2,1-5H3,(H,35,36)/t20-,21-/m1/s1. The van der Waals surface area contributed by atoms with Crippen molar-refractivity contribution in [3.8, 4) is 11.1 Å². The summed E-state index contributed by atoms with van der Waals surface area (Å²) in [6.07, 6.45) is 2.48. The van der Waals surface area contributed by atoms with E-state index in [1.165, 1.54) is 29.1 Å². The van der Waals surface area contributed by atoms with E-state index in [4.69, 9.17) is 10.1 Å². The predicted octanol–water partition coefficient (Wildman–Crippen LogP) is 3.75. The second-order valence-corrected chi connectivity index (χ2v) is 11.5. The van der Waals surface area contributed by atoms with Gasteiger partial charge in [0.15, 0.2) is 5.82 Å². The van der Waals surface area contributed by atoms with Gasteiger partial charge in [0.25, 0.3) is 0 Å². The molecule has 3 N–H and O–H groups in total. The third-order valence-electron chi connectivity index (χ3n) is 6.10. The first kappa shape index (κ1) is 29.9. The zero-order valence-electron chi connectivity index (χ0n) is 22.4. The molecule has 0 aliphatic carbocycles. The van der Waals surface area contributed by atoms with Crippen molar-refractivity contribution < 1.29 is 32.9 Å². The minimum atomic E-state index is -3.88. The second kappa shape index (κ2) is 12.1. The minimum absolute atomic E-state index is 0.152. The molecule has 1 aromatic carbocycles. The zero-order valence-corrected chi connectivity index (χ0v) is 23.2. The predicted molar refractivity (Wildman–Crippen MR) is 147 cm³/mol. The summed E-state index contributed by atoms with van der Waals surface area (Å²) in [6.45, 7) is 5.48. The number of aromatic nitrogens is 3. The average Bonchev–Trinajstić information content (AvgIpc) is 3.23. The lowest BCUT2D eigenvalue weighted by Gasteiger charge is -2.27. The van der Waals surface area contributed by atoms with Crippen molar-refractivity contribution in [3.05, 3.63) is 65.2 Å². The highest BCUT2D eigenvalue weighted by molar-refractivity contribution is 7.92. The Morgan fingerprint density at radius 3 is 2.33 bits per heavy atom. The van der Waals surface area contributed by atoms with Crippen LogP contribution in [-0.2, 0) is 21.9 Å². The lowest BCUT2D eigenvalue weighted by molar-refractivity contribution is -0.139. The summed E-state index contributed by atoms with van der Waals surface area (Å²) in [6, 6.07) is 7.30. The Labute approximate surface area is 227 Å². The molecule has 3 aromatic rings. The van der Waals surface area contributed by atoms with Crippen LogP contribution in [0.1, 0.15) is 49.4 Å². The number of aliphatic hydroxyl groups excluding tert-OH is 2. The number of aliphatic hydroxyl groups is 2. The molecule has 0 radical (unpaired) electrons. The molecule has 0 amide bonds. The Morgan fingerprint density at radius 2 is 1.82 bits per heavy atom. The number of aryl methyl sites for hydroxylation is 1. The Hall–Kier alpha value is -3.61. The normalized spacial score (nSPS) is 13.7. The van der Waals surface area contributed by atoms with Crippen LogP contribution in [-0.4, -0.2) is 62.9 Å². The lowest BCUT2D eigenvalue weighted by atomic mass is 9.90. The Bertz CT molecular complexity index is 1470. The number of aliphatic carboxylic acids is 1. The molecule has 0 aliphatic heterocycles. The lowest BCUT2D eigenvalue weighted by Crippen LogP contribution is -2.29. The summed E-state index contributed by atoms with van der Waals surface area (Å²) in [4.78, 5) is 15.7. The Balaban J connectivity index is 2.29. The first-order valence-electron chi connectivity index (χ1n) is 12.3. The maximum atomic E-state index is 13.8. The highest BCUT2D eigenvalue weighted by Crippen LogP contribution is 2.40. The number of carbonyl (C=O) groups is 1. The molecule has 2 atom stereocenters. The van der Waals surface area contributed by atoms with Crippen LogP contribution in [0.5, 0.6) is 0 Å². The number of pyridine rings is 1. The summed E-state index contributed by atoms with van der Waals surface area (Å²) >= 11 is 0. The van der Waals surface area contributed by atoms with Crippen LogP contribution < -0.4 is 4.31 Å². The molecular formula is C27H33FN4O6S. The molecule has 0 spiro atoms. The fourth-order valence-corrected chi connectivity index (χ4v) is 5.36. The van der Waals surface area contributed by atoms with Crippen molar-refractivity contribution in [1.82, 2.24) is 14.8 Å². The van der Waals surface area contributed by atoms with E-state index >= 15 is 0 Å². The van der Waals surface area contributed by atoms with Crippen molar-refractivity contribution in [2.45, 2.75) is 51.7 Å². The number of halogens is 1. The van der Waals surface area contributed by atoms with Crippen LogP contribution in [0.25, 0.3) is 17.2 Å². The van der Waals surface area contributed by atoms with Gasteiger partial charge in [-0.15, -0.1) is 0 Å². The summed E-state index contributed by atoms with van der Waals surface area (Å²) in [5.41, 5.74) is 2.74. The molecule has 2 aromatic heterocycles. The van der Waals surface area contributed by atoms with E-state index < -0.39 is 40.4 Å². The van der Waals surface area contributed by atoms with Crippen molar-refractivity contribution in [1.29, 1.82) is 0 Å². The van der Waals surface area contributed by atoms with Crippen LogP contribution in [0.3, 0.4) is 0 Å². The molecule has 0 fully saturated rings. The van der Waals surface area contributed by atoms with Gasteiger partial charge in [-0.1, -0.05) is 38.1 Å². The van der Waals surface area contributed by atoms with Crippen LogP contribution in [0.15, 0.2) is 42.6 Å². The number of carboxylic acids is 1. The van der Waals surface area contributed by atoms with Crippen molar-refractivity contribution in [3.63, 3.8) is 0 Å². The van der Waals surface area contributed by atoms with Gasteiger partial charge in [-0.25, -0.2) is 22.1 Å². The molecule has 0 unspecified atom stereocenters. The van der Waals surface area contributed by atoms with Gasteiger partial charge in [0.2, 0.25) is 10.0 Å². The van der Waals surface area contributed by atoms with Gasteiger partial charge in [-0.05, 0) is 36.1 Å². The molecule has 10 nitrogen and oxygen atoms in total. The molecule has 39 heavy (non-hydrogen) atoms. The molecule has 3 rings (SSSR count). The molecule has 0 bridgehead atoms. The average molecular weight is 561 g/mol. The highest BCUT2D eigenvalue weighted by atomic mass is 32.2. The number of carboxylic acid groups (broad SMARTS) is 1. The van der Waals surface area contributed by atoms with Gasteiger partial charge >= 0.3 is 5.97 Å². The monoisotopic (exact) mass is 560 g/mol. The van der Waals surface area contributed by atoms with Crippen LogP contribution in [0.2, 0.25) is 0 Å². The minimum Gasteiger partial charge on any atom is -0.481 e. The molecule has 12 heteroatoms. The summed E-state index contributed by atoms with van der Waals surface area (Å²) in [5.74, 6) is -1.40. The molecule has 0 saturated heterocycles. The van der Waals surface area contributed by atoms with E-state index in [1.807, 2.05) is 13.8 Å². The van der Waals surface area contributed by atoms with Gasteiger partial charge < -0.3 is 15.3 Å². The Kier molecular flexibility index (Phi) is 9.26. The second-order valence-electron chi connectivity index (χ2n) is 9.65. The SMILES string of the molecule is Cc1c(N(c2ccnn2C)S(C)(=O)=O)nc(C(C)C)c(C=C[C@@H](O)C[C@@H](O)CC(=O)O)c1-c1ccc(F)cc1. The number of nitrogens with zero attached hydrogens (tertiary/aromatic N) is 4. The number of anilines is 2. The summed E-state index contributed by atoms with van der Waals surface area (Å²) in [5, 5.41) is 33.4. The molecule has 2 heterocycles. The summed E-state index contributed by atoms with van der Waals surface area (Å²) < 4.78 is 42.5. The van der Waals surface area contributed by atoms with Crippen molar-refractivity contribution in [2.75, 3.05) is 10.6 Å². The van der Waals surface area contributed by atoms with Crippen LogP contribution in [0, 0.1) is 12.7 Å². The first-order chi connectivity index (χ1) is 18.2. The van der Waals surface area contributed by atoms with E-state index in [1.54, 1.807) is 38.2 Å². The van der Waals surface area contributed by atoms with Crippen molar-refractivity contribution in [2.24, 2.45) is 7.05 Å². The Morgan fingerprint density at radius 1 is 1.18 bits per heavy atom. The third kappa shape index (κ3) is 7.08. The molecular weight excluding hydrogens is 527 g/mol. The number of hydrogen-bond donors (Lipinski definition) is 3. The van der Waals surface area contributed by atoms with E-state index in [2.05, 4.69) is 5.10 Å². The summed E-state index contributed by atoms with van der Waals surface area (Å²) in [7, 11) is -2.26. The maximum absolute atomic E-state index is 13.8. The smallest absolute Gasteiger partial charge is 0.305 e. The fourth-order valence-electron chi connectivity index (χ4n) is 4.35. The van der Waals surface area contributed by atoms with Gasteiger partial charge in [-0.3, -0.25) is 9.48 Å². The van der Waals surface area contributed by atoms with Gasteiger partial charge in [0.05, 0.1) is 36.8 Å². The van der Waals surface area contributed by atoms with E-state index in [0.29, 0.717) is 27.9 Å². The van der Waals surface area contributed by atoms with E-state index in [0.717, 1.165) is 10.6 Å². The van der Waals surface area contributed by atoms with E-state index in [-0.39, 0.29) is 24.0 Å². The number of hydrogen-bond acceptors (Lipinski definition) is 7. The van der Waals surface area contributed by atoms with Gasteiger partial charge in [-0.2, -0.15) is 5.10 Å². The largest absolute Gasteiger partial charge is 0.481 e. The van der Waals surface area contributed by atoms with Crippen molar-refractivity contribution >= 4 is 33.7 Å². The van der Waals surface area contributed by atoms with Crippen LogP contribution >= 0.6 is 0 Å². The highest BCUT2D eigenvalue weighted by Gasteiger charge is 2.29. The number of rotatable bonds is 11.